The van der Waals surface area contributed by atoms with E-state index in [2.05, 4.69) is 15.2 Å². The van der Waals surface area contributed by atoms with Crippen molar-refractivity contribution in [1.29, 1.82) is 0 Å². The quantitative estimate of drug-likeness (QED) is 0.488. The van der Waals surface area contributed by atoms with Crippen LogP contribution in [0.5, 0.6) is 0 Å². The lowest BCUT2D eigenvalue weighted by atomic mass is 10.1. The zero-order valence-corrected chi connectivity index (χ0v) is 19.7. The van der Waals surface area contributed by atoms with Crippen molar-refractivity contribution in [1.82, 2.24) is 25.0 Å². The van der Waals surface area contributed by atoms with Crippen LogP contribution in [0.4, 0.5) is 0 Å². The Bertz CT molecular complexity index is 1160. The molecule has 1 saturated heterocycles. The van der Waals surface area contributed by atoms with Gasteiger partial charge in [0.15, 0.2) is 0 Å². The molecule has 1 atom stereocenters. The Balaban J connectivity index is 1.53. The summed E-state index contributed by atoms with van der Waals surface area (Å²) >= 11 is 6.04. The molecule has 3 aromatic rings. The second-order valence-corrected chi connectivity index (χ2v) is 8.98. The van der Waals surface area contributed by atoms with E-state index in [0.717, 1.165) is 49.0 Å². The van der Waals surface area contributed by atoms with Crippen molar-refractivity contribution < 1.29 is 4.79 Å². The molecule has 0 radical (unpaired) electrons. The number of halogens is 1. The smallest absolute Gasteiger partial charge is 0.274 e. The van der Waals surface area contributed by atoms with E-state index < -0.39 is 0 Å². The number of nitrogens with zero attached hydrogens (tertiary/aromatic N) is 4. The third kappa shape index (κ3) is 5.78. The summed E-state index contributed by atoms with van der Waals surface area (Å²) in [6.07, 6.45) is 7.54. The highest BCUT2D eigenvalue weighted by molar-refractivity contribution is 6.30. The number of likely N-dealkylation sites (tertiary alicyclic amines) is 1. The van der Waals surface area contributed by atoms with Gasteiger partial charge in [-0.05, 0) is 49.6 Å². The minimum atomic E-state index is -0.0747. The molecule has 33 heavy (non-hydrogen) atoms. The average Bonchev–Trinajstić information content (AvgIpc) is 3.27. The second kappa shape index (κ2) is 10.9. The lowest BCUT2D eigenvalue weighted by Gasteiger charge is -2.25. The van der Waals surface area contributed by atoms with Crippen molar-refractivity contribution in [2.45, 2.75) is 51.6 Å². The second-order valence-electron chi connectivity index (χ2n) is 8.55. The number of aromatic nitrogens is 3. The monoisotopic (exact) mass is 467 g/mol. The molecule has 4 rings (SSSR count). The van der Waals surface area contributed by atoms with Crippen LogP contribution in [0.1, 0.15) is 43.9 Å². The molecule has 1 aliphatic heterocycles. The first kappa shape index (κ1) is 23.4. The first-order valence-corrected chi connectivity index (χ1v) is 12.0. The first-order valence-electron chi connectivity index (χ1n) is 11.6. The van der Waals surface area contributed by atoms with Crippen LogP contribution in [0.25, 0.3) is 10.8 Å². The molecule has 2 aromatic heterocycles. The van der Waals surface area contributed by atoms with Crippen LogP contribution in [-0.2, 0) is 17.8 Å². The van der Waals surface area contributed by atoms with E-state index in [1.54, 1.807) is 23.1 Å². The molecular formula is C25H30ClN5O2. The minimum absolute atomic E-state index is 0.0747. The van der Waals surface area contributed by atoms with Crippen LogP contribution in [0.15, 0.2) is 47.5 Å². The molecular weight excluding hydrogens is 438 g/mol. The molecule has 1 fully saturated rings. The van der Waals surface area contributed by atoms with E-state index in [4.69, 9.17) is 16.7 Å². The van der Waals surface area contributed by atoms with Gasteiger partial charge in [0.05, 0.1) is 17.6 Å². The fourth-order valence-electron chi connectivity index (χ4n) is 4.48. The van der Waals surface area contributed by atoms with E-state index in [1.165, 1.54) is 0 Å². The Labute approximate surface area is 198 Å². The van der Waals surface area contributed by atoms with Gasteiger partial charge in [0, 0.05) is 54.8 Å². The number of hydrogen-bond donors (Lipinski definition) is 1. The number of rotatable bonds is 9. The number of carbonyl (C=O) groups is 1. The number of pyridine rings is 1. The zero-order valence-electron chi connectivity index (χ0n) is 19.0. The van der Waals surface area contributed by atoms with Gasteiger partial charge in [-0.2, -0.15) is 5.10 Å². The molecule has 0 spiro atoms. The lowest BCUT2D eigenvalue weighted by Crippen LogP contribution is -2.39. The molecule has 0 aliphatic carbocycles. The van der Waals surface area contributed by atoms with Gasteiger partial charge in [-0.1, -0.05) is 30.7 Å². The first-order chi connectivity index (χ1) is 16.0. The fraction of sp³-hybridized carbons (Fsp3) is 0.440. The SMILES string of the molecule is CCC(=O)NCCCN1CCC[C@@H]1Cn1nc(Cc2ccc(Cl)cc2)c2cnccc2c1=O. The van der Waals surface area contributed by atoms with Gasteiger partial charge in [-0.25, -0.2) is 4.68 Å². The summed E-state index contributed by atoms with van der Waals surface area (Å²) in [5.74, 6) is 0.0857. The number of benzene rings is 1. The molecule has 1 amide bonds. The third-order valence-electron chi connectivity index (χ3n) is 6.27. The van der Waals surface area contributed by atoms with Crippen molar-refractivity contribution in [3.05, 3.63) is 69.4 Å². The van der Waals surface area contributed by atoms with E-state index >= 15 is 0 Å². The summed E-state index contributed by atoms with van der Waals surface area (Å²) in [5.41, 5.74) is 1.85. The van der Waals surface area contributed by atoms with E-state index in [1.807, 2.05) is 31.2 Å². The maximum absolute atomic E-state index is 13.2. The van der Waals surface area contributed by atoms with E-state index in [0.29, 0.717) is 36.3 Å². The van der Waals surface area contributed by atoms with E-state index in [9.17, 15) is 9.59 Å². The van der Waals surface area contributed by atoms with Gasteiger partial charge in [-0.3, -0.25) is 19.5 Å². The lowest BCUT2D eigenvalue weighted by molar-refractivity contribution is -0.120. The number of fused-ring (bicyclic) bond motifs is 1. The largest absolute Gasteiger partial charge is 0.356 e. The Morgan fingerprint density at radius 3 is 2.82 bits per heavy atom. The van der Waals surface area contributed by atoms with Crippen molar-refractivity contribution in [3.8, 4) is 0 Å². The number of nitrogens with one attached hydrogen (secondary N) is 1. The van der Waals surface area contributed by atoms with Gasteiger partial charge in [0.25, 0.3) is 5.56 Å². The Hall–Kier alpha value is -2.77. The van der Waals surface area contributed by atoms with Crippen LogP contribution in [0, 0.1) is 0 Å². The molecule has 0 bridgehead atoms. The summed E-state index contributed by atoms with van der Waals surface area (Å²) in [6.45, 7) is 5.01. The minimum Gasteiger partial charge on any atom is -0.356 e. The average molecular weight is 468 g/mol. The van der Waals surface area contributed by atoms with Crippen LogP contribution in [-0.4, -0.2) is 51.2 Å². The standard InChI is InChI=1S/C25H30ClN5O2/c1-2-24(32)28-11-4-14-30-13-3-5-20(30)17-31-25(33)21-10-12-27-16-22(21)23(29-31)15-18-6-8-19(26)9-7-18/h6-10,12,16,20H,2-5,11,13-15,17H2,1H3,(H,28,32)/t20-/m1/s1. The summed E-state index contributed by atoms with van der Waals surface area (Å²) in [4.78, 5) is 31.3. The Kier molecular flexibility index (Phi) is 7.73. The van der Waals surface area contributed by atoms with Gasteiger partial charge < -0.3 is 5.32 Å². The summed E-state index contributed by atoms with van der Waals surface area (Å²) < 4.78 is 1.63. The van der Waals surface area contributed by atoms with Crippen molar-refractivity contribution >= 4 is 28.3 Å². The van der Waals surface area contributed by atoms with Gasteiger partial charge in [0.2, 0.25) is 5.91 Å². The maximum atomic E-state index is 13.2. The summed E-state index contributed by atoms with van der Waals surface area (Å²) in [6, 6.07) is 9.75. The molecule has 8 heteroatoms. The molecule has 174 valence electrons. The summed E-state index contributed by atoms with van der Waals surface area (Å²) in [7, 11) is 0. The number of hydrogen-bond acceptors (Lipinski definition) is 5. The van der Waals surface area contributed by atoms with Gasteiger partial charge >= 0.3 is 0 Å². The van der Waals surface area contributed by atoms with Crippen LogP contribution < -0.4 is 10.9 Å². The van der Waals surface area contributed by atoms with Gasteiger partial charge in [0.1, 0.15) is 0 Å². The highest BCUT2D eigenvalue weighted by Crippen LogP contribution is 2.21. The van der Waals surface area contributed by atoms with Gasteiger partial charge in [-0.15, -0.1) is 0 Å². The van der Waals surface area contributed by atoms with Crippen molar-refractivity contribution in [3.63, 3.8) is 0 Å². The highest BCUT2D eigenvalue weighted by atomic mass is 35.5. The third-order valence-corrected chi connectivity index (χ3v) is 6.52. The fourth-order valence-corrected chi connectivity index (χ4v) is 4.60. The molecule has 1 aromatic carbocycles. The van der Waals surface area contributed by atoms with Crippen molar-refractivity contribution in [2.75, 3.05) is 19.6 Å². The Morgan fingerprint density at radius 1 is 1.21 bits per heavy atom. The maximum Gasteiger partial charge on any atom is 0.274 e. The number of carbonyl (C=O) groups excluding carboxylic acids is 1. The topological polar surface area (TPSA) is 80.1 Å². The molecule has 3 heterocycles. The molecule has 0 unspecified atom stereocenters. The zero-order chi connectivity index (χ0) is 23.2. The van der Waals surface area contributed by atoms with E-state index in [-0.39, 0.29) is 17.5 Å². The van der Waals surface area contributed by atoms with Crippen LogP contribution in [0.3, 0.4) is 0 Å². The normalized spacial score (nSPS) is 16.4. The highest BCUT2D eigenvalue weighted by Gasteiger charge is 2.25. The molecule has 0 saturated carbocycles. The predicted octanol–water partition coefficient (Wildman–Crippen LogP) is 3.42. The molecule has 7 nitrogen and oxygen atoms in total. The Morgan fingerprint density at radius 2 is 2.03 bits per heavy atom. The molecule has 1 aliphatic rings. The summed E-state index contributed by atoms with van der Waals surface area (Å²) in [5, 5.41) is 9.87. The van der Waals surface area contributed by atoms with Crippen LogP contribution >= 0.6 is 11.6 Å². The molecule has 1 N–H and O–H groups in total. The number of amides is 1. The predicted molar refractivity (Wildman–Crippen MR) is 131 cm³/mol. The van der Waals surface area contributed by atoms with Crippen molar-refractivity contribution in [2.24, 2.45) is 0 Å². The van der Waals surface area contributed by atoms with Crippen LogP contribution in [0.2, 0.25) is 5.02 Å².